The van der Waals surface area contributed by atoms with Crippen LogP contribution >= 0.6 is 38.5 Å². The van der Waals surface area contributed by atoms with Crippen LogP contribution in [0, 0.1) is 3.57 Å². The van der Waals surface area contributed by atoms with Gasteiger partial charge in [0.25, 0.3) is 0 Å². The van der Waals surface area contributed by atoms with Crippen molar-refractivity contribution in [1.29, 1.82) is 0 Å². The molecule has 1 atom stereocenters. The molecule has 0 spiro atoms. The molecule has 1 unspecified atom stereocenters. The second-order valence-corrected chi connectivity index (χ2v) is 5.11. The molecule has 0 fully saturated rings. The van der Waals surface area contributed by atoms with E-state index in [4.69, 9.17) is 4.74 Å². The van der Waals surface area contributed by atoms with Gasteiger partial charge in [0.2, 0.25) is 0 Å². The highest BCUT2D eigenvalue weighted by Gasteiger charge is 2.15. The predicted octanol–water partition coefficient (Wildman–Crippen LogP) is 2.61. The first kappa shape index (κ1) is 12.8. The fourth-order valence-electron chi connectivity index (χ4n) is 0.896. The zero-order valence-electron chi connectivity index (χ0n) is 8.07. The first-order valence-corrected chi connectivity index (χ1v) is 6.23. The predicted molar refractivity (Wildman–Crippen MR) is 69.4 cm³/mol. The van der Waals surface area contributed by atoms with Crippen LogP contribution in [0.1, 0.15) is 0 Å². The Kier molecular flexibility index (Phi) is 5.38. The zero-order chi connectivity index (χ0) is 11.3. The van der Waals surface area contributed by atoms with Crippen LogP contribution in [0.3, 0.4) is 0 Å². The summed E-state index contributed by atoms with van der Waals surface area (Å²) >= 11 is 5.39. The van der Waals surface area contributed by atoms with E-state index in [0.29, 0.717) is 0 Å². The smallest absolute Gasteiger partial charge is 0.322 e. The summed E-state index contributed by atoms with van der Waals surface area (Å²) in [6.45, 7) is 0.257. The van der Waals surface area contributed by atoms with Crippen molar-refractivity contribution in [3.63, 3.8) is 0 Å². The van der Waals surface area contributed by atoms with Gasteiger partial charge in [-0.15, -0.1) is 0 Å². The molecule has 5 heteroatoms. The summed E-state index contributed by atoms with van der Waals surface area (Å²) in [6, 6.07) is 7.60. The van der Waals surface area contributed by atoms with Crippen molar-refractivity contribution >= 4 is 44.5 Å². The van der Waals surface area contributed by atoms with Gasteiger partial charge in [-0.05, 0) is 46.9 Å². The van der Waals surface area contributed by atoms with Crippen molar-refractivity contribution in [1.82, 2.24) is 0 Å². The molecule has 0 saturated heterocycles. The van der Waals surface area contributed by atoms with Crippen molar-refractivity contribution in [2.24, 2.45) is 0 Å². The highest BCUT2D eigenvalue weighted by Crippen LogP contribution is 2.14. The van der Waals surface area contributed by atoms with Crippen molar-refractivity contribution in [2.75, 3.05) is 13.7 Å². The van der Waals surface area contributed by atoms with Gasteiger partial charge in [0.05, 0.1) is 7.11 Å². The first-order valence-electron chi connectivity index (χ1n) is 4.23. The fraction of sp³-hybridized carbons (Fsp3) is 0.300. The maximum absolute atomic E-state index is 11.0. The minimum absolute atomic E-state index is 0.257. The first-order chi connectivity index (χ1) is 7.13. The highest BCUT2D eigenvalue weighted by molar-refractivity contribution is 14.1. The van der Waals surface area contributed by atoms with E-state index in [1.807, 2.05) is 24.3 Å². The van der Waals surface area contributed by atoms with Crippen molar-refractivity contribution in [2.45, 2.75) is 4.83 Å². The molecule has 0 amide bonds. The van der Waals surface area contributed by atoms with Gasteiger partial charge in [0.15, 0.2) is 0 Å². The molecule has 0 aliphatic rings. The van der Waals surface area contributed by atoms with Gasteiger partial charge in [-0.3, -0.25) is 4.79 Å². The molecule has 1 aromatic rings. The Hall–Kier alpha value is -0.300. The molecule has 15 heavy (non-hydrogen) atoms. The lowest BCUT2D eigenvalue weighted by Gasteiger charge is -2.09. The topological polar surface area (TPSA) is 35.5 Å². The number of rotatable bonds is 4. The Morgan fingerprint density at radius 1 is 1.47 bits per heavy atom. The van der Waals surface area contributed by atoms with Crippen molar-refractivity contribution < 1.29 is 14.3 Å². The number of esters is 1. The van der Waals surface area contributed by atoms with Crippen LogP contribution < -0.4 is 4.74 Å². The summed E-state index contributed by atoms with van der Waals surface area (Å²) in [5.74, 6) is 0.407. The number of methoxy groups -OCH3 is 1. The lowest BCUT2D eigenvalue weighted by atomic mass is 10.3. The zero-order valence-corrected chi connectivity index (χ0v) is 11.8. The molecule has 1 aromatic carbocycles. The molecule has 0 N–H and O–H groups in total. The van der Waals surface area contributed by atoms with Crippen LogP contribution in [0.5, 0.6) is 5.75 Å². The van der Waals surface area contributed by atoms with Crippen LogP contribution in [0.15, 0.2) is 24.3 Å². The molecule has 0 bridgehead atoms. The Morgan fingerprint density at radius 3 is 2.60 bits per heavy atom. The Labute approximate surface area is 110 Å². The molecule has 82 valence electrons. The number of alkyl halides is 1. The highest BCUT2D eigenvalue weighted by atomic mass is 127. The van der Waals surface area contributed by atoms with E-state index in [0.717, 1.165) is 9.32 Å². The van der Waals surface area contributed by atoms with E-state index in [2.05, 4.69) is 43.3 Å². The minimum Gasteiger partial charge on any atom is -0.492 e. The second-order valence-electron chi connectivity index (χ2n) is 2.76. The van der Waals surface area contributed by atoms with E-state index in [-0.39, 0.29) is 12.6 Å². The van der Waals surface area contributed by atoms with Gasteiger partial charge in [0, 0.05) is 3.57 Å². The maximum Gasteiger partial charge on any atom is 0.322 e. The van der Waals surface area contributed by atoms with Gasteiger partial charge in [-0.25, -0.2) is 0 Å². The van der Waals surface area contributed by atoms with Crippen molar-refractivity contribution in [3.05, 3.63) is 27.8 Å². The number of halogens is 2. The van der Waals surface area contributed by atoms with E-state index in [1.54, 1.807) is 0 Å². The number of benzene rings is 1. The van der Waals surface area contributed by atoms with Crippen LogP contribution in [-0.2, 0) is 9.53 Å². The summed E-state index contributed by atoms with van der Waals surface area (Å²) < 4.78 is 11.1. The lowest BCUT2D eigenvalue weighted by Crippen LogP contribution is -2.22. The van der Waals surface area contributed by atoms with E-state index < -0.39 is 4.83 Å². The minimum atomic E-state index is -0.429. The van der Waals surface area contributed by atoms with E-state index in [9.17, 15) is 4.79 Å². The Balaban J connectivity index is 2.43. The molecule has 0 saturated carbocycles. The second kappa shape index (κ2) is 6.32. The summed E-state index contributed by atoms with van der Waals surface area (Å²) in [7, 11) is 1.35. The van der Waals surface area contributed by atoms with Crippen LogP contribution in [-0.4, -0.2) is 24.5 Å². The molecule has 1 rings (SSSR count). The monoisotopic (exact) mass is 384 g/mol. The molecular weight excluding hydrogens is 375 g/mol. The third kappa shape index (κ3) is 4.38. The Bertz CT molecular complexity index is 326. The Morgan fingerprint density at radius 2 is 2.07 bits per heavy atom. The van der Waals surface area contributed by atoms with Gasteiger partial charge in [0.1, 0.15) is 17.2 Å². The van der Waals surface area contributed by atoms with Gasteiger partial charge in [-0.2, -0.15) is 0 Å². The largest absolute Gasteiger partial charge is 0.492 e. The lowest BCUT2D eigenvalue weighted by molar-refractivity contribution is -0.140. The molecule has 0 aliphatic heterocycles. The van der Waals surface area contributed by atoms with Crippen molar-refractivity contribution in [3.8, 4) is 5.75 Å². The summed E-state index contributed by atoms with van der Waals surface area (Å²) in [5, 5.41) is 0. The SMILES string of the molecule is COC(=O)C(Br)COc1ccc(I)cc1. The molecule has 3 nitrogen and oxygen atoms in total. The average Bonchev–Trinajstić information content (AvgIpc) is 2.26. The number of hydrogen-bond acceptors (Lipinski definition) is 3. The molecule has 0 aromatic heterocycles. The quantitative estimate of drug-likeness (QED) is 0.454. The van der Waals surface area contributed by atoms with Crippen LogP contribution in [0.4, 0.5) is 0 Å². The molecule has 0 aliphatic carbocycles. The standard InChI is InChI=1S/C10H10BrIO3/c1-14-10(13)9(11)6-15-8-4-2-7(12)3-5-8/h2-5,9H,6H2,1H3. The maximum atomic E-state index is 11.0. The number of carbonyl (C=O) groups excluding carboxylic acids is 1. The third-order valence-corrected chi connectivity index (χ3v) is 3.02. The molecule has 0 radical (unpaired) electrons. The van der Waals surface area contributed by atoms with E-state index in [1.165, 1.54) is 7.11 Å². The summed E-state index contributed by atoms with van der Waals surface area (Å²) in [6.07, 6.45) is 0. The summed E-state index contributed by atoms with van der Waals surface area (Å²) in [4.78, 5) is 10.6. The third-order valence-electron chi connectivity index (χ3n) is 1.67. The molecular formula is C10H10BrIO3. The number of ether oxygens (including phenoxy) is 2. The van der Waals surface area contributed by atoms with E-state index >= 15 is 0 Å². The van der Waals surface area contributed by atoms with Gasteiger partial charge in [-0.1, -0.05) is 15.9 Å². The fourth-order valence-corrected chi connectivity index (χ4v) is 1.57. The van der Waals surface area contributed by atoms with Gasteiger partial charge >= 0.3 is 5.97 Å². The summed E-state index contributed by atoms with van der Waals surface area (Å²) in [5.41, 5.74) is 0. The van der Waals surface area contributed by atoms with Crippen LogP contribution in [0.25, 0.3) is 0 Å². The average molecular weight is 385 g/mol. The number of carbonyl (C=O) groups is 1. The number of hydrogen-bond donors (Lipinski definition) is 0. The molecule has 0 heterocycles. The van der Waals surface area contributed by atoms with Gasteiger partial charge < -0.3 is 9.47 Å². The normalized spacial score (nSPS) is 11.9. The van der Waals surface area contributed by atoms with Crippen LogP contribution in [0.2, 0.25) is 0 Å².